The third kappa shape index (κ3) is 6.87. The third-order valence-electron chi connectivity index (χ3n) is 3.30. The van der Waals surface area contributed by atoms with Crippen LogP contribution in [0.4, 0.5) is 23.7 Å². The maximum Gasteiger partial charge on any atom is 0.446 e. The third-order valence-corrected chi connectivity index (χ3v) is 4.04. The lowest BCUT2D eigenvalue weighted by molar-refractivity contribution is -0.0328. The highest BCUT2D eigenvalue weighted by atomic mass is 32.2. The zero-order valence-electron chi connectivity index (χ0n) is 14.1. The van der Waals surface area contributed by atoms with E-state index in [2.05, 4.69) is 10.6 Å². The Kier molecular flexibility index (Phi) is 7.20. The number of alkyl halides is 3. The molecule has 2 aromatic carbocycles. The maximum atomic E-state index is 12.3. The largest absolute Gasteiger partial charge is 0.494 e. The van der Waals surface area contributed by atoms with Crippen LogP contribution < -0.4 is 15.4 Å². The summed E-state index contributed by atoms with van der Waals surface area (Å²) in [7, 11) is 0. The van der Waals surface area contributed by atoms with Crippen molar-refractivity contribution in [1.82, 2.24) is 5.32 Å². The quantitative estimate of drug-likeness (QED) is 0.656. The van der Waals surface area contributed by atoms with E-state index in [9.17, 15) is 18.0 Å². The number of carbonyl (C=O) groups is 1. The summed E-state index contributed by atoms with van der Waals surface area (Å²) in [6.07, 6.45) is 0.602. The Morgan fingerprint density at radius 1 is 1.12 bits per heavy atom. The van der Waals surface area contributed by atoms with Crippen LogP contribution in [0.25, 0.3) is 0 Å². The lowest BCUT2D eigenvalue weighted by Crippen LogP contribution is -2.30. The molecule has 2 N–H and O–H groups in total. The lowest BCUT2D eigenvalue weighted by atomic mass is 10.1. The molecule has 0 fully saturated rings. The molecule has 0 aliphatic heterocycles. The Morgan fingerprint density at radius 3 is 2.46 bits per heavy atom. The normalized spacial score (nSPS) is 11.1. The van der Waals surface area contributed by atoms with Crippen molar-refractivity contribution in [3.63, 3.8) is 0 Å². The highest BCUT2D eigenvalue weighted by Gasteiger charge is 2.29. The van der Waals surface area contributed by atoms with Crippen molar-refractivity contribution in [1.29, 1.82) is 0 Å². The summed E-state index contributed by atoms with van der Waals surface area (Å²) >= 11 is -0.195. The Morgan fingerprint density at radius 2 is 1.81 bits per heavy atom. The van der Waals surface area contributed by atoms with Crippen LogP contribution in [0.1, 0.15) is 12.5 Å². The number of hydrogen-bond donors (Lipinski definition) is 2. The predicted molar refractivity (Wildman–Crippen MR) is 96.7 cm³/mol. The number of thioether (sulfide) groups is 1. The Hall–Kier alpha value is -2.35. The SMILES string of the molecule is CCOc1ccccc1CCNC(=O)Nc1ccc(SC(F)(F)F)cc1. The van der Waals surface area contributed by atoms with E-state index in [0.29, 0.717) is 25.3 Å². The van der Waals surface area contributed by atoms with Crippen molar-refractivity contribution in [2.45, 2.75) is 23.7 Å². The van der Waals surface area contributed by atoms with Gasteiger partial charge in [-0.25, -0.2) is 4.79 Å². The molecule has 0 aliphatic carbocycles. The first kappa shape index (κ1) is 20.0. The zero-order valence-corrected chi connectivity index (χ0v) is 14.9. The van der Waals surface area contributed by atoms with Crippen LogP contribution in [-0.4, -0.2) is 24.7 Å². The lowest BCUT2D eigenvalue weighted by Gasteiger charge is -2.11. The van der Waals surface area contributed by atoms with Crippen LogP contribution in [0.2, 0.25) is 0 Å². The van der Waals surface area contributed by atoms with Crippen LogP contribution in [0.3, 0.4) is 0 Å². The molecule has 140 valence electrons. The van der Waals surface area contributed by atoms with Crippen molar-refractivity contribution in [2.24, 2.45) is 0 Å². The fraction of sp³-hybridized carbons (Fsp3) is 0.278. The molecule has 0 spiro atoms. The molecule has 4 nitrogen and oxygen atoms in total. The molecule has 2 aromatic rings. The van der Waals surface area contributed by atoms with E-state index in [4.69, 9.17) is 4.74 Å². The van der Waals surface area contributed by atoms with Gasteiger partial charge in [-0.15, -0.1) is 0 Å². The summed E-state index contributed by atoms with van der Waals surface area (Å²) in [5, 5.41) is 5.30. The topological polar surface area (TPSA) is 50.4 Å². The second-order valence-corrected chi connectivity index (χ2v) is 6.38. The minimum Gasteiger partial charge on any atom is -0.494 e. The van der Waals surface area contributed by atoms with Gasteiger partial charge in [-0.2, -0.15) is 13.2 Å². The molecule has 0 saturated carbocycles. The fourth-order valence-corrected chi connectivity index (χ4v) is 2.77. The Labute approximate surface area is 154 Å². The van der Waals surface area contributed by atoms with Crippen molar-refractivity contribution < 1.29 is 22.7 Å². The standard InChI is InChI=1S/C18H19F3N2O2S/c1-2-25-16-6-4-3-5-13(16)11-12-22-17(24)23-14-7-9-15(10-8-14)26-18(19,20)21/h3-10H,2,11-12H2,1H3,(H2,22,23,24). The van der Waals surface area contributed by atoms with Crippen LogP contribution in [0.5, 0.6) is 5.75 Å². The molecule has 0 bridgehead atoms. The fourth-order valence-electron chi connectivity index (χ4n) is 2.23. The molecule has 0 radical (unpaired) electrons. The number of halogens is 3. The number of ether oxygens (including phenoxy) is 1. The van der Waals surface area contributed by atoms with E-state index in [1.165, 1.54) is 24.3 Å². The predicted octanol–water partition coefficient (Wildman–Crippen LogP) is 5.06. The first-order valence-electron chi connectivity index (χ1n) is 7.99. The summed E-state index contributed by atoms with van der Waals surface area (Å²) in [4.78, 5) is 12.0. The number of urea groups is 1. The molecular weight excluding hydrogens is 365 g/mol. The molecule has 0 aliphatic rings. The van der Waals surface area contributed by atoms with E-state index in [1.807, 2.05) is 31.2 Å². The van der Waals surface area contributed by atoms with Gasteiger partial charge in [0.15, 0.2) is 0 Å². The van der Waals surface area contributed by atoms with E-state index in [-0.39, 0.29) is 16.7 Å². The van der Waals surface area contributed by atoms with Gasteiger partial charge in [0.1, 0.15) is 5.75 Å². The van der Waals surface area contributed by atoms with Crippen molar-refractivity contribution >= 4 is 23.5 Å². The van der Waals surface area contributed by atoms with Crippen LogP contribution in [0, 0.1) is 0 Å². The van der Waals surface area contributed by atoms with Crippen LogP contribution >= 0.6 is 11.8 Å². The second kappa shape index (κ2) is 9.38. The molecular formula is C18H19F3N2O2S. The van der Waals surface area contributed by atoms with Gasteiger partial charge in [0.2, 0.25) is 0 Å². The Bertz CT molecular complexity index is 721. The molecule has 2 rings (SSSR count). The first-order valence-corrected chi connectivity index (χ1v) is 8.80. The average Bonchev–Trinajstić information content (AvgIpc) is 2.57. The van der Waals surface area contributed by atoms with Gasteiger partial charge >= 0.3 is 11.5 Å². The number of hydrogen-bond acceptors (Lipinski definition) is 3. The number of rotatable bonds is 7. The van der Waals surface area contributed by atoms with Gasteiger partial charge in [-0.05, 0) is 61.0 Å². The van der Waals surface area contributed by atoms with E-state index < -0.39 is 11.5 Å². The monoisotopic (exact) mass is 384 g/mol. The van der Waals surface area contributed by atoms with Gasteiger partial charge < -0.3 is 15.4 Å². The summed E-state index contributed by atoms with van der Waals surface area (Å²) < 4.78 is 42.4. The van der Waals surface area contributed by atoms with Gasteiger partial charge in [0, 0.05) is 17.1 Å². The number of nitrogens with one attached hydrogen (secondary N) is 2. The van der Waals surface area contributed by atoms with Crippen molar-refractivity contribution in [2.75, 3.05) is 18.5 Å². The molecule has 0 aromatic heterocycles. The first-order chi connectivity index (χ1) is 12.4. The zero-order chi connectivity index (χ0) is 19.0. The molecule has 0 heterocycles. The van der Waals surface area contributed by atoms with Gasteiger partial charge in [-0.3, -0.25) is 0 Å². The molecule has 0 atom stereocenters. The number of anilines is 1. The number of benzene rings is 2. The number of amides is 2. The van der Waals surface area contributed by atoms with Gasteiger partial charge in [0.25, 0.3) is 0 Å². The van der Waals surface area contributed by atoms with Crippen LogP contribution in [-0.2, 0) is 6.42 Å². The highest BCUT2D eigenvalue weighted by Crippen LogP contribution is 2.37. The number of para-hydroxylation sites is 1. The average molecular weight is 384 g/mol. The summed E-state index contributed by atoms with van der Waals surface area (Å²) in [6.45, 7) is 2.87. The van der Waals surface area contributed by atoms with Gasteiger partial charge in [0.05, 0.1) is 6.61 Å². The summed E-state index contributed by atoms with van der Waals surface area (Å²) in [6, 6.07) is 12.7. The Balaban J connectivity index is 1.80. The van der Waals surface area contributed by atoms with Crippen LogP contribution in [0.15, 0.2) is 53.4 Å². The van der Waals surface area contributed by atoms with Gasteiger partial charge in [-0.1, -0.05) is 18.2 Å². The molecule has 26 heavy (non-hydrogen) atoms. The molecule has 0 saturated heterocycles. The maximum absolute atomic E-state index is 12.3. The van der Waals surface area contributed by atoms with E-state index in [0.717, 1.165) is 11.3 Å². The summed E-state index contributed by atoms with van der Waals surface area (Å²) in [5.41, 5.74) is -2.92. The smallest absolute Gasteiger partial charge is 0.446 e. The van der Waals surface area contributed by atoms with E-state index >= 15 is 0 Å². The van der Waals surface area contributed by atoms with Crippen molar-refractivity contribution in [3.05, 3.63) is 54.1 Å². The highest BCUT2D eigenvalue weighted by molar-refractivity contribution is 8.00. The summed E-state index contributed by atoms with van der Waals surface area (Å²) in [5.74, 6) is 0.787. The molecule has 8 heteroatoms. The van der Waals surface area contributed by atoms with E-state index in [1.54, 1.807) is 0 Å². The van der Waals surface area contributed by atoms with Crippen molar-refractivity contribution in [3.8, 4) is 5.75 Å². The molecule has 0 unspecified atom stereocenters. The second-order valence-electron chi connectivity index (χ2n) is 5.24. The number of carbonyl (C=O) groups excluding carboxylic acids is 1. The molecule has 2 amide bonds. The minimum atomic E-state index is -4.33. The minimum absolute atomic E-state index is 0.0657.